The molecule has 0 radical (unpaired) electrons. The number of hydrogen-bond acceptors (Lipinski definition) is 3. The summed E-state index contributed by atoms with van der Waals surface area (Å²) in [6.45, 7) is 2.96. The third-order valence-corrected chi connectivity index (χ3v) is 3.63. The number of carbonyl (C=O) groups is 2. The van der Waals surface area contributed by atoms with Gasteiger partial charge in [-0.25, -0.2) is 0 Å². The van der Waals surface area contributed by atoms with Crippen LogP contribution in [0.2, 0.25) is 0 Å². The molecule has 2 N–H and O–H groups in total. The van der Waals surface area contributed by atoms with Gasteiger partial charge >= 0.3 is 5.97 Å². The molecule has 0 aliphatic carbocycles. The van der Waals surface area contributed by atoms with Crippen molar-refractivity contribution < 1.29 is 14.7 Å². The molecule has 0 saturated heterocycles. The minimum atomic E-state index is -0.811. The quantitative estimate of drug-likeness (QED) is 0.732. The zero-order valence-corrected chi connectivity index (χ0v) is 13.2. The van der Waals surface area contributed by atoms with Crippen molar-refractivity contribution in [3.8, 4) is 0 Å². The Hall–Kier alpha value is -2.63. The topological polar surface area (TPSA) is 84.2 Å². The number of nitrogens with zero attached hydrogens (tertiary/aromatic N) is 2. The zero-order chi connectivity index (χ0) is 16.7. The number of aliphatic carboxylic acids is 1. The van der Waals surface area contributed by atoms with Crippen LogP contribution in [0.4, 0.5) is 0 Å². The van der Waals surface area contributed by atoms with Gasteiger partial charge in [-0.2, -0.15) is 5.10 Å². The van der Waals surface area contributed by atoms with Gasteiger partial charge in [-0.1, -0.05) is 30.3 Å². The van der Waals surface area contributed by atoms with Crippen molar-refractivity contribution in [2.45, 2.75) is 32.7 Å². The van der Waals surface area contributed by atoms with Crippen molar-refractivity contribution in [3.63, 3.8) is 0 Å². The van der Waals surface area contributed by atoms with Crippen molar-refractivity contribution in [2.24, 2.45) is 0 Å². The molecule has 0 spiro atoms. The molecule has 1 aromatic carbocycles. The number of carboxylic acids is 1. The summed E-state index contributed by atoms with van der Waals surface area (Å²) in [6, 6.07) is 9.94. The van der Waals surface area contributed by atoms with Crippen LogP contribution in [0.5, 0.6) is 0 Å². The van der Waals surface area contributed by atoms with Gasteiger partial charge in [0, 0.05) is 18.7 Å². The van der Waals surface area contributed by atoms with Gasteiger partial charge in [0.2, 0.25) is 0 Å². The van der Waals surface area contributed by atoms with Gasteiger partial charge < -0.3 is 10.4 Å². The van der Waals surface area contributed by atoms with Crippen LogP contribution in [0.3, 0.4) is 0 Å². The number of carbonyl (C=O) groups excluding carboxylic acids is 1. The van der Waals surface area contributed by atoms with Crippen LogP contribution in [0.25, 0.3) is 0 Å². The molecule has 6 heteroatoms. The maximum atomic E-state index is 12.1. The molecule has 23 heavy (non-hydrogen) atoms. The predicted molar refractivity (Wildman–Crippen MR) is 86.3 cm³/mol. The molecule has 2 aromatic rings. The maximum Gasteiger partial charge on any atom is 0.303 e. The van der Waals surface area contributed by atoms with Crippen molar-refractivity contribution in [1.29, 1.82) is 0 Å². The molecule has 0 aliphatic heterocycles. The monoisotopic (exact) mass is 315 g/mol. The Morgan fingerprint density at radius 2 is 1.96 bits per heavy atom. The summed E-state index contributed by atoms with van der Waals surface area (Å²) in [6.07, 6.45) is 2.91. The lowest BCUT2D eigenvalue weighted by molar-refractivity contribution is -0.137. The van der Waals surface area contributed by atoms with E-state index >= 15 is 0 Å². The molecular formula is C17H21N3O3. The van der Waals surface area contributed by atoms with Crippen LogP contribution in [-0.2, 0) is 11.3 Å². The van der Waals surface area contributed by atoms with Crippen LogP contribution >= 0.6 is 0 Å². The lowest BCUT2D eigenvalue weighted by Gasteiger charge is -2.06. The first-order valence-corrected chi connectivity index (χ1v) is 7.64. The van der Waals surface area contributed by atoms with Crippen molar-refractivity contribution in [2.75, 3.05) is 6.54 Å². The predicted octanol–water partition coefficient (Wildman–Crippen LogP) is 2.22. The SMILES string of the molecule is Cc1c(C(=O)NCCCCC(=O)O)cnn1Cc1ccccc1. The van der Waals surface area contributed by atoms with E-state index < -0.39 is 5.97 Å². The van der Waals surface area contributed by atoms with Gasteiger partial charge in [0.1, 0.15) is 0 Å². The second-order valence-corrected chi connectivity index (χ2v) is 5.39. The standard InChI is InChI=1S/C17H21N3O3/c1-13-15(17(23)18-10-6-5-9-16(21)22)11-19-20(13)12-14-7-3-2-4-8-14/h2-4,7-8,11H,5-6,9-10,12H2,1H3,(H,18,23)(H,21,22). The van der Waals surface area contributed by atoms with Crippen LogP contribution < -0.4 is 5.32 Å². The lowest BCUT2D eigenvalue weighted by Crippen LogP contribution is -2.25. The summed E-state index contributed by atoms with van der Waals surface area (Å²) in [5, 5.41) is 15.6. The third-order valence-electron chi connectivity index (χ3n) is 3.63. The summed E-state index contributed by atoms with van der Waals surface area (Å²) in [4.78, 5) is 22.6. The number of benzene rings is 1. The highest BCUT2D eigenvalue weighted by molar-refractivity contribution is 5.95. The van der Waals surface area contributed by atoms with Crippen molar-refractivity contribution in [3.05, 3.63) is 53.3 Å². The van der Waals surface area contributed by atoms with E-state index in [2.05, 4.69) is 10.4 Å². The molecule has 122 valence electrons. The maximum absolute atomic E-state index is 12.1. The fourth-order valence-corrected chi connectivity index (χ4v) is 2.28. The van der Waals surface area contributed by atoms with E-state index in [0.717, 1.165) is 11.3 Å². The summed E-state index contributed by atoms with van der Waals surface area (Å²) >= 11 is 0. The number of nitrogens with one attached hydrogen (secondary N) is 1. The molecule has 0 unspecified atom stereocenters. The second-order valence-electron chi connectivity index (χ2n) is 5.39. The Kier molecular flexibility index (Phi) is 5.91. The van der Waals surface area contributed by atoms with E-state index in [9.17, 15) is 9.59 Å². The van der Waals surface area contributed by atoms with Crippen LogP contribution in [0.1, 0.15) is 40.9 Å². The van der Waals surface area contributed by atoms with Gasteiger partial charge in [-0.05, 0) is 25.3 Å². The first kappa shape index (κ1) is 16.7. The summed E-state index contributed by atoms with van der Waals surface area (Å²) < 4.78 is 1.80. The fraction of sp³-hybridized carbons (Fsp3) is 0.353. The number of rotatable bonds is 8. The van der Waals surface area contributed by atoms with E-state index in [1.807, 2.05) is 37.3 Å². The lowest BCUT2D eigenvalue weighted by atomic mass is 10.2. The number of hydrogen-bond donors (Lipinski definition) is 2. The number of aromatic nitrogens is 2. The number of carboxylic acid groups (broad SMARTS) is 1. The van der Waals surface area contributed by atoms with Gasteiger partial charge in [-0.15, -0.1) is 0 Å². The number of unbranched alkanes of at least 4 members (excludes halogenated alkanes) is 1. The molecule has 0 aliphatic rings. The van der Waals surface area contributed by atoms with Crippen molar-refractivity contribution >= 4 is 11.9 Å². The van der Waals surface area contributed by atoms with Crippen molar-refractivity contribution in [1.82, 2.24) is 15.1 Å². The largest absolute Gasteiger partial charge is 0.481 e. The Morgan fingerprint density at radius 1 is 1.22 bits per heavy atom. The Labute approximate surface area is 135 Å². The summed E-state index contributed by atoms with van der Waals surface area (Å²) in [5.74, 6) is -0.980. The van der Waals surface area contributed by atoms with E-state index in [1.54, 1.807) is 10.9 Å². The molecule has 1 aromatic heterocycles. The zero-order valence-electron chi connectivity index (χ0n) is 13.2. The first-order chi connectivity index (χ1) is 11.1. The molecule has 2 rings (SSSR count). The molecule has 1 amide bonds. The van der Waals surface area contributed by atoms with Gasteiger partial charge in [0.15, 0.2) is 0 Å². The molecule has 0 fully saturated rings. The summed E-state index contributed by atoms with van der Waals surface area (Å²) in [5.41, 5.74) is 2.50. The fourth-order valence-electron chi connectivity index (χ4n) is 2.28. The molecule has 0 saturated carbocycles. The Bertz CT molecular complexity index is 665. The highest BCUT2D eigenvalue weighted by Crippen LogP contribution is 2.10. The highest BCUT2D eigenvalue weighted by Gasteiger charge is 2.13. The highest BCUT2D eigenvalue weighted by atomic mass is 16.4. The van der Waals surface area contributed by atoms with Gasteiger partial charge in [-0.3, -0.25) is 14.3 Å². The van der Waals surface area contributed by atoms with Crippen LogP contribution in [0, 0.1) is 6.92 Å². The van der Waals surface area contributed by atoms with Gasteiger partial charge in [0.05, 0.1) is 18.3 Å². The molecular weight excluding hydrogens is 294 g/mol. The Balaban J connectivity index is 1.88. The molecule has 0 bridgehead atoms. The minimum absolute atomic E-state index is 0.129. The Morgan fingerprint density at radius 3 is 2.65 bits per heavy atom. The normalized spacial score (nSPS) is 10.5. The average molecular weight is 315 g/mol. The molecule has 0 atom stereocenters. The summed E-state index contributed by atoms with van der Waals surface area (Å²) in [7, 11) is 0. The van der Waals surface area contributed by atoms with Crippen LogP contribution in [0.15, 0.2) is 36.5 Å². The smallest absolute Gasteiger partial charge is 0.303 e. The van der Waals surface area contributed by atoms with E-state index in [0.29, 0.717) is 31.5 Å². The first-order valence-electron chi connectivity index (χ1n) is 7.64. The van der Waals surface area contributed by atoms with E-state index in [1.165, 1.54) is 0 Å². The van der Waals surface area contributed by atoms with E-state index in [4.69, 9.17) is 5.11 Å². The third kappa shape index (κ3) is 4.95. The second kappa shape index (κ2) is 8.12. The minimum Gasteiger partial charge on any atom is -0.481 e. The van der Waals surface area contributed by atoms with E-state index in [-0.39, 0.29) is 12.3 Å². The molecule has 6 nitrogen and oxygen atoms in total. The van der Waals surface area contributed by atoms with Crippen LogP contribution in [-0.4, -0.2) is 33.3 Å². The van der Waals surface area contributed by atoms with Gasteiger partial charge in [0.25, 0.3) is 5.91 Å². The average Bonchev–Trinajstić information content (AvgIpc) is 2.88. The number of amides is 1. The molecule has 1 heterocycles.